The first-order valence-corrected chi connectivity index (χ1v) is 19.8. The summed E-state index contributed by atoms with van der Waals surface area (Å²) in [6, 6.07) is 5.82. The largest absolute Gasteiger partial charge is 0.504 e. The Morgan fingerprint density at radius 3 is 2.48 bits per heavy atom. The molecule has 7 aliphatic heterocycles. The van der Waals surface area contributed by atoms with Crippen LogP contribution in [0.4, 0.5) is 0 Å². The van der Waals surface area contributed by atoms with E-state index in [1.165, 1.54) is 18.7 Å². The molecule has 7 aliphatic rings. The minimum Gasteiger partial charge on any atom is -0.504 e. The van der Waals surface area contributed by atoms with Crippen molar-refractivity contribution < 1.29 is 47.9 Å². The lowest BCUT2D eigenvalue weighted by molar-refractivity contribution is -0.157. The molecule has 0 amide bonds. The van der Waals surface area contributed by atoms with Crippen LogP contribution in [-0.2, 0) is 32.7 Å². The molecule has 10 rings (SSSR count). The van der Waals surface area contributed by atoms with Gasteiger partial charge in [-0.2, -0.15) is 5.26 Å². The quantitative estimate of drug-likeness (QED) is 0.285. The summed E-state index contributed by atoms with van der Waals surface area (Å²) in [6.45, 7) is 5.41. The van der Waals surface area contributed by atoms with E-state index >= 15 is 0 Å². The van der Waals surface area contributed by atoms with Crippen molar-refractivity contribution >= 4 is 23.7 Å². The first-order chi connectivity index (χ1) is 27.0. The summed E-state index contributed by atoms with van der Waals surface area (Å²) in [7, 11) is 6.70. The maximum atomic E-state index is 14.9. The molecular weight excluding hydrogens is 741 g/mol. The highest BCUT2D eigenvalue weighted by molar-refractivity contribution is 7.99. The number of hydrogen-bond donors (Lipinski definition) is 2. The molecule has 7 atom stereocenters. The second kappa shape index (κ2) is 13.4. The van der Waals surface area contributed by atoms with Crippen molar-refractivity contribution in [3.63, 3.8) is 0 Å². The van der Waals surface area contributed by atoms with Crippen molar-refractivity contribution in [2.45, 2.75) is 74.6 Å². The summed E-state index contributed by atoms with van der Waals surface area (Å²) >= 11 is 1.52. The number of ether oxygens (including phenoxy) is 7. The normalized spacial score (nSPS) is 28.6. The summed E-state index contributed by atoms with van der Waals surface area (Å²) < 4.78 is 42.1. The van der Waals surface area contributed by atoms with E-state index in [2.05, 4.69) is 27.3 Å². The highest BCUT2D eigenvalue weighted by Crippen LogP contribution is 2.64. The third-order valence-corrected chi connectivity index (χ3v) is 14.1. The predicted molar refractivity (Wildman–Crippen MR) is 203 cm³/mol. The maximum Gasteiger partial charge on any atom is 0.331 e. The van der Waals surface area contributed by atoms with Gasteiger partial charge in [-0.25, -0.2) is 4.79 Å². The van der Waals surface area contributed by atoms with Gasteiger partial charge in [0.25, 0.3) is 0 Å². The number of aromatic hydroxyl groups is 1. The number of carbonyl (C=O) groups is 2. The monoisotopic (exact) mass is 784 g/mol. The first kappa shape index (κ1) is 36.7. The minimum absolute atomic E-state index is 0.0505. The van der Waals surface area contributed by atoms with Gasteiger partial charge in [0.05, 0.1) is 44.7 Å². The Labute approximate surface area is 328 Å². The molecule has 2 saturated heterocycles. The number of phenols is 1. The Kier molecular flexibility index (Phi) is 8.77. The molecular formula is C41H44N4O10S. The van der Waals surface area contributed by atoms with E-state index in [4.69, 9.17) is 33.2 Å². The molecule has 3 aromatic rings. The number of nitrogens with one attached hydrogen (secondary N) is 1. The van der Waals surface area contributed by atoms with E-state index in [-0.39, 0.29) is 30.9 Å². The molecule has 0 aliphatic carbocycles. The number of esters is 2. The number of likely N-dealkylation sites (N-methyl/N-ethyl adjacent to an activating group) is 1. The maximum absolute atomic E-state index is 14.9. The minimum atomic E-state index is -1.31. The number of methoxy groups -OCH3 is 3. The van der Waals surface area contributed by atoms with Crippen molar-refractivity contribution in [1.29, 1.82) is 5.26 Å². The summed E-state index contributed by atoms with van der Waals surface area (Å²) in [4.78, 5) is 32.2. The Morgan fingerprint density at radius 2 is 1.77 bits per heavy atom. The van der Waals surface area contributed by atoms with Crippen LogP contribution in [0.25, 0.3) is 0 Å². The van der Waals surface area contributed by atoms with Crippen LogP contribution >= 0.6 is 11.8 Å². The highest BCUT2D eigenvalue weighted by atomic mass is 32.2. The molecule has 7 heterocycles. The van der Waals surface area contributed by atoms with E-state index in [0.29, 0.717) is 70.6 Å². The number of benzene rings is 3. The molecule has 1 spiro atoms. The molecule has 2 N–H and O–H groups in total. The fourth-order valence-electron chi connectivity index (χ4n) is 10.3. The van der Waals surface area contributed by atoms with Crippen LogP contribution < -0.4 is 33.7 Å². The molecule has 15 heteroatoms. The van der Waals surface area contributed by atoms with E-state index in [0.717, 1.165) is 27.8 Å². The fourth-order valence-corrected chi connectivity index (χ4v) is 12.0. The average Bonchev–Trinajstić information content (AvgIpc) is 3.68. The number of fused-ring (bicyclic) bond motifs is 9. The zero-order valence-electron chi connectivity index (χ0n) is 32.3. The lowest BCUT2D eigenvalue weighted by atomic mass is 9.71. The number of rotatable bonds is 4. The lowest BCUT2D eigenvalue weighted by Gasteiger charge is -2.62. The third-order valence-electron chi connectivity index (χ3n) is 12.6. The van der Waals surface area contributed by atoms with Crippen LogP contribution in [-0.4, -0.2) is 99.0 Å². The Morgan fingerprint density at radius 1 is 1.02 bits per heavy atom. The number of carbonyl (C=O) groups excluding carboxylic acids is 2. The summed E-state index contributed by atoms with van der Waals surface area (Å²) in [5, 5.41) is 26.3. The van der Waals surface area contributed by atoms with Gasteiger partial charge in [-0.15, -0.1) is 11.8 Å². The molecule has 1 unspecified atom stereocenters. The fraction of sp³-hybridized carbons (Fsp3) is 0.488. The van der Waals surface area contributed by atoms with Gasteiger partial charge in [-0.05, 0) is 68.1 Å². The zero-order chi connectivity index (χ0) is 39.4. The van der Waals surface area contributed by atoms with Crippen molar-refractivity contribution in [3.8, 4) is 46.3 Å². The van der Waals surface area contributed by atoms with Crippen LogP contribution in [0.5, 0.6) is 40.2 Å². The summed E-state index contributed by atoms with van der Waals surface area (Å²) in [6.07, 6.45) is 1.15. The topological polar surface area (TPSA) is 161 Å². The standard InChI is InChI=1S/C41H44N4O10S/c1-18-10-22-11-24-25(14-42)45-26-15-52-40(48)41(23-13-28(50-6)27(49-5)12-21(23)8-9-43-41)16-56-39(33(45)32(44(24)4)29(22)34(47)35(18)51-7)31-30(26)38-37(53-17-54-38)19(2)36(31)55-20(3)46/h10,12-13,24-26,32-33,39,43,47H,8-9,11,15-17H2,1-7H3/t24-,25+,26+,32-,33?,39-,41-/m1/s1. The van der Waals surface area contributed by atoms with Gasteiger partial charge < -0.3 is 38.3 Å². The molecule has 14 nitrogen and oxygen atoms in total. The van der Waals surface area contributed by atoms with E-state index in [9.17, 15) is 20.0 Å². The van der Waals surface area contributed by atoms with Gasteiger partial charge >= 0.3 is 11.9 Å². The van der Waals surface area contributed by atoms with Crippen LogP contribution in [0.2, 0.25) is 0 Å². The number of nitriles is 1. The molecule has 3 aromatic carbocycles. The number of phenolic OH excluding ortho intramolecular Hbond substituents is 1. The first-order valence-electron chi connectivity index (χ1n) is 18.7. The molecule has 0 radical (unpaired) electrons. The number of piperazine rings is 1. The van der Waals surface area contributed by atoms with Crippen molar-refractivity contribution in [2.24, 2.45) is 0 Å². The number of nitrogens with zero attached hydrogens (tertiary/aromatic N) is 3. The molecule has 4 bridgehead atoms. The number of hydrogen-bond acceptors (Lipinski definition) is 15. The predicted octanol–water partition coefficient (Wildman–Crippen LogP) is 4.29. The van der Waals surface area contributed by atoms with Crippen LogP contribution in [0.15, 0.2) is 18.2 Å². The van der Waals surface area contributed by atoms with Gasteiger partial charge in [0.2, 0.25) is 6.79 Å². The lowest BCUT2D eigenvalue weighted by Crippen LogP contribution is -2.69. The summed E-state index contributed by atoms with van der Waals surface area (Å²) in [5.74, 6) is 1.99. The SMILES string of the molecule is COc1cc2c(cc1OC)[C@@]1(CS[C@@H]3c4c(OC(C)=O)c(C)c5c(c4[C@H](COC1=O)N1C3[C@H]3c4c(cc(C)c(OC)c4O)C[C@H]([C@@H]1C#N)N3C)OCO5)NCC2. The van der Waals surface area contributed by atoms with Gasteiger partial charge in [-0.1, -0.05) is 6.07 Å². The smallest absolute Gasteiger partial charge is 0.331 e. The second-order valence-electron chi connectivity index (χ2n) is 15.3. The zero-order valence-corrected chi connectivity index (χ0v) is 33.1. The van der Waals surface area contributed by atoms with E-state index < -0.39 is 46.9 Å². The molecule has 0 saturated carbocycles. The second-order valence-corrected chi connectivity index (χ2v) is 16.4. The van der Waals surface area contributed by atoms with Crippen molar-refractivity contribution in [1.82, 2.24) is 15.1 Å². The number of thioether (sulfide) groups is 1. The number of aryl methyl sites for hydroxylation is 1. The van der Waals surface area contributed by atoms with E-state index in [1.54, 1.807) is 21.3 Å². The average molecular weight is 785 g/mol. The Hall–Kier alpha value is -4.88. The van der Waals surface area contributed by atoms with Gasteiger partial charge in [0, 0.05) is 53.6 Å². The highest BCUT2D eigenvalue weighted by Gasteiger charge is 2.62. The van der Waals surface area contributed by atoms with Gasteiger partial charge in [-0.3, -0.25) is 19.9 Å². The Balaban J connectivity index is 1.33. The third kappa shape index (κ3) is 4.98. The van der Waals surface area contributed by atoms with Crippen molar-refractivity contribution in [2.75, 3.05) is 54.1 Å². The molecule has 294 valence electrons. The van der Waals surface area contributed by atoms with Gasteiger partial charge in [0.1, 0.15) is 18.4 Å². The molecule has 0 aromatic heterocycles. The van der Waals surface area contributed by atoms with Crippen LogP contribution in [0, 0.1) is 25.2 Å². The molecule has 2 fully saturated rings. The van der Waals surface area contributed by atoms with Gasteiger partial charge in [0.15, 0.2) is 40.0 Å². The van der Waals surface area contributed by atoms with Crippen LogP contribution in [0.1, 0.15) is 68.8 Å². The van der Waals surface area contributed by atoms with Crippen LogP contribution in [0.3, 0.4) is 0 Å². The summed E-state index contributed by atoms with van der Waals surface area (Å²) in [5.41, 5.74) is 4.80. The van der Waals surface area contributed by atoms with E-state index in [1.807, 2.05) is 33.0 Å². The Bertz CT molecular complexity index is 2240. The molecule has 56 heavy (non-hydrogen) atoms. The van der Waals surface area contributed by atoms with Crippen molar-refractivity contribution in [3.05, 3.63) is 62.7 Å².